The fourth-order valence-corrected chi connectivity index (χ4v) is 2.74. The summed E-state index contributed by atoms with van der Waals surface area (Å²) in [6, 6.07) is 1.92. The van der Waals surface area contributed by atoms with E-state index in [0.717, 1.165) is 23.5 Å². The first-order valence-corrected chi connectivity index (χ1v) is 6.29. The predicted molar refractivity (Wildman–Crippen MR) is 63.5 cm³/mol. The van der Waals surface area contributed by atoms with Crippen molar-refractivity contribution in [3.05, 3.63) is 21.9 Å². The number of aliphatic hydroxyl groups excluding tert-OH is 1. The van der Waals surface area contributed by atoms with E-state index in [1.165, 1.54) is 11.3 Å². The summed E-state index contributed by atoms with van der Waals surface area (Å²) in [7, 11) is 0. The van der Waals surface area contributed by atoms with E-state index in [4.69, 9.17) is 0 Å². The number of aryl methyl sites for hydroxylation is 1. The van der Waals surface area contributed by atoms with Gasteiger partial charge in [-0.2, -0.15) is 0 Å². The van der Waals surface area contributed by atoms with Crippen LogP contribution in [0, 0.1) is 6.92 Å². The molecule has 88 valence electrons. The second kappa shape index (κ2) is 4.95. The Bertz CT molecular complexity index is 372. The third kappa shape index (κ3) is 2.26. The molecular formula is C11H16N2O2S. The highest BCUT2D eigenvalue weighted by molar-refractivity contribution is 7.10. The molecule has 0 aliphatic carbocycles. The summed E-state index contributed by atoms with van der Waals surface area (Å²) in [6.45, 7) is 4.89. The van der Waals surface area contributed by atoms with Crippen LogP contribution in [0.4, 0.5) is 0 Å². The molecule has 1 saturated heterocycles. The summed E-state index contributed by atoms with van der Waals surface area (Å²) in [5, 5.41) is 15.1. The van der Waals surface area contributed by atoms with Gasteiger partial charge < -0.3 is 15.3 Å². The summed E-state index contributed by atoms with van der Waals surface area (Å²) in [5.74, 6) is -0.174. The Balaban J connectivity index is 2.06. The zero-order chi connectivity index (χ0) is 11.5. The van der Waals surface area contributed by atoms with Crippen LogP contribution in [-0.4, -0.2) is 42.1 Å². The number of carbonyl (C=O) groups excluding carboxylic acids is 1. The zero-order valence-electron chi connectivity index (χ0n) is 9.27. The molecule has 0 saturated carbocycles. The van der Waals surface area contributed by atoms with Crippen molar-refractivity contribution in [1.82, 2.24) is 10.2 Å². The molecule has 1 unspecified atom stereocenters. The Morgan fingerprint density at radius 2 is 2.25 bits per heavy atom. The second-order valence-electron chi connectivity index (χ2n) is 3.95. The van der Waals surface area contributed by atoms with Gasteiger partial charge in [0, 0.05) is 31.1 Å². The third-order valence-corrected chi connectivity index (χ3v) is 3.88. The van der Waals surface area contributed by atoms with Crippen molar-refractivity contribution in [2.75, 3.05) is 26.2 Å². The normalized spacial score (nSPS) is 18.5. The third-order valence-electron chi connectivity index (χ3n) is 2.81. The molecule has 2 heterocycles. The Labute approximate surface area is 98.9 Å². The monoisotopic (exact) mass is 240 g/mol. The summed E-state index contributed by atoms with van der Waals surface area (Å²) >= 11 is 1.44. The van der Waals surface area contributed by atoms with Gasteiger partial charge in [-0.05, 0) is 23.9 Å². The minimum absolute atomic E-state index is 0.174. The highest BCUT2D eigenvalue weighted by Crippen LogP contribution is 2.25. The molecule has 0 aromatic carbocycles. The van der Waals surface area contributed by atoms with Gasteiger partial charge in [0.2, 0.25) is 0 Å². The SMILES string of the molecule is Cc1ccsc1C(O)C(=O)N1CCNCC1. The minimum atomic E-state index is -0.988. The molecule has 1 amide bonds. The smallest absolute Gasteiger partial charge is 0.256 e. The summed E-state index contributed by atoms with van der Waals surface area (Å²) in [5.41, 5.74) is 0.987. The van der Waals surface area contributed by atoms with Gasteiger partial charge in [-0.25, -0.2) is 0 Å². The molecule has 1 aliphatic heterocycles. The van der Waals surface area contributed by atoms with E-state index in [0.29, 0.717) is 13.1 Å². The second-order valence-corrected chi connectivity index (χ2v) is 4.89. The van der Waals surface area contributed by atoms with E-state index in [-0.39, 0.29) is 5.91 Å². The van der Waals surface area contributed by atoms with Gasteiger partial charge >= 0.3 is 0 Å². The lowest BCUT2D eigenvalue weighted by atomic mass is 10.1. The topological polar surface area (TPSA) is 52.6 Å². The maximum Gasteiger partial charge on any atom is 0.256 e. The van der Waals surface area contributed by atoms with Crippen LogP contribution in [0.25, 0.3) is 0 Å². The average Bonchev–Trinajstić information content (AvgIpc) is 2.75. The number of nitrogens with one attached hydrogen (secondary N) is 1. The predicted octanol–water partition coefficient (Wildman–Crippen LogP) is 0.522. The van der Waals surface area contributed by atoms with Crippen LogP contribution in [0.3, 0.4) is 0 Å². The molecule has 0 radical (unpaired) electrons. The van der Waals surface area contributed by atoms with E-state index >= 15 is 0 Å². The molecule has 2 N–H and O–H groups in total. The number of piperazine rings is 1. The molecule has 1 fully saturated rings. The fraction of sp³-hybridized carbons (Fsp3) is 0.545. The Morgan fingerprint density at radius 3 is 2.81 bits per heavy atom. The van der Waals surface area contributed by atoms with Gasteiger partial charge in [-0.1, -0.05) is 0 Å². The first-order valence-electron chi connectivity index (χ1n) is 5.41. The molecule has 1 atom stereocenters. The van der Waals surface area contributed by atoms with E-state index < -0.39 is 6.10 Å². The minimum Gasteiger partial charge on any atom is -0.378 e. The van der Waals surface area contributed by atoms with Crippen LogP contribution in [0.15, 0.2) is 11.4 Å². The van der Waals surface area contributed by atoms with Crippen molar-refractivity contribution in [2.24, 2.45) is 0 Å². The van der Waals surface area contributed by atoms with Gasteiger partial charge in [0.25, 0.3) is 5.91 Å². The molecule has 5 heteroatoms. The van der Waals surface area contributed by atoms with Crippen LogP contribution in [0.5, 0.6) is 0 Å². The standard InChI is InChI=1S/C11H16N2O2S/c1-8-2-7-16-10(8)9(14)11(15)13-5-3-12-4-6-13/h2,7,9,12,14H,3-6H2,1H3. The summed E-state index contributed by atoms with van der Waals surface area (Å²) < 4.78 is 0. The number of nitrogens with zero attached hydrogens (tertiary/aromatic N) is 1. The number of amides is 1. The van der Waals surface area contributed by atoms with Gasteiger partial charge in [0.1, 0.15) is 0 Å². The first kappa shape index (κ1) is 11.6. The van der Waals surface area contributed by atoms with Crippen molar-refractivity contribution in [1.29, 1.82) is 0 Å². The van der Waals surface area contributed by atoms with Gasteiger partial charge in [0.15, 0.2) is 6.10 Å². The van der Waals surface area contributed by atoms with Crippen LogP contribution >= 0.6 is 11.3 Å². The van der Waals surface area contributed by atoms with E-state index in [1.54, 1.807) is 4.90 Å². The van der Waals surface area contributed by atoms with Crippen LogP contribution in [-0.2, 0) is 4.79 Å². The highest BCUT2D eigenvalue weighted by Gasteiger charge is 2.26. The molecule has 4 nitrogen and oxygen atoms in total. The van der Waals surface area contributed by atoms with Crippen LogP contribution in [0.2, 0.25) is 0 Å². The Morgan fingerprint density at radius 1 is 1.56 bits per heavy atom. The molecule has 0 bridgehead atoms. The lowest BCUT2D eigenvalue weighted by Gasteiger charge is -2.29. The fourth-order valence-electron chi connectivity index (χ4n) is 1.83. The molecule has 1 aromatic heterocycles. The lowest BCUT2D eigenvalue weighted by Crippen LogP contribution is -2.48. The number of rotatable bonds is 2. The van der Waals surface area contributed by atoms with Gasteiger partial charge in [-0.15, -0.1) is 11.3 Å². The molecular weight excluding hydrogens is 224 g/mol. The molecule has 1 aromatic rings. The lowest BCUT2D eigenvalue weighted by molar-refractivity contribution is -0.141. The molecule has 1 aliphatic rings. The number of hydrogen-bond donors (Lipinski definition) is 2. The van der Waals surface area contributed by atoms with Crippen LogP contribution in [0.1, 0.15) is 16.5 Å². The van der Waals surface area contributed by atoms with E-state index in [2.05, 4.69) is 5.32 Å². The zero-order valence-corrected chi connectivity index (χ0v) is 10.1. The van der Waals surface area contributed by atoms with Crippen molar-refractivity contribution < 1.29 is 9.90 Å². The Kier molecular flexibility index (Phi) is 3.58. The average molecular weight is 240 g/mol. The Hall–Kier alpha value is -0.910. The van der Waals surface area contributed by atoms with Crippen molar-refractivity contribution in [3.63, 3.8) is 0 Å². The van der Waals surface area contributed by atoms with Gasteiger partial charge in [0.05, 0.1) is 0 Å². The summed E-state index contributed by atoms with van der Waals surface area (Å²) in [4.78, 5) is 14.5. The van der Waals surface area contributed by atoms with Crippen molar-refractivity contribution >= 4 is 17.2 Å². The maximum atomic E-state index is 12.0. The highest BCUT2D eigenvalue weighted by atomic mass is 32.1. The summed E-state index contributed by atoms with van der Waals surface area (Å²) in [6.07, 6.45) is -0.988. The quantitative estimate of drug-likeness (QED) is 0.792. The largest absolute Gasteiger partial charge is 0.378 e. The maximum absolute atomic E-state index is 12.0. The number of hydrogen-bond acceptors (Lipinski definition) is 4. The number of carbonyl (C=O) groups is 1. The number of thiophene rings is 1. The van der Waals surface area contributed by atoms with Crippen LogP contribution < -0.4 is 5.32 Å². The molecule has 2 rings (SSSR count). The first-order chi connectivity index (χ1) is 7.70. The van der Waals surface area contributed by atoms with Gasteiger partial charge in [-0.3, -0.25) is 4.79 Å². The molecule has 0 spiro atoms. The van der Waals surface area contributed by atoms with Crippen molar-refractivity contribution in [2.45, 2.75) is 13.0 Å². The van der Waals surface area contributed by atoms with E-state index in [1.807, 2.05) is 18.4 Å². The van der Waals surface area contributed by atoms with Crippen molar-refractivity contribution in [3.8, 4) is 0 Å². The number of aliphatic hydroxyl groups is 1. The van der Waals surface area contributed by atoms with E-state index in [9.17, 15) is 9.90 Å². The molecule has 16 heavy (non-hydrogen) atoms.